The molecule has 0 aliphatic carbocycles. The molecule has 2 aromatic carbocycles. The Kier molecular flexibility index (Phi) is 4.95. The van der Waals surface area contributed by atoms with Crippen LogP contribution in [0.1, 0.15) is 18.1 Å². The third-order valence-electron chi connectivity index (χ3n) is 3.56. The quantitative estimate of drug-likeness (QED) is 0.544. The van der Waals surface area contributed by atoms with Crippen molar-refractivity contribution < 1.29 is 9.53 Å². The van der Waals surface area contributed by atoms with E-state index in [9.17, 15) is 4.79 Å². The highest BCUT2D eigenvalue weighted by Gasteiger charge is 2.06. The van der Waals surface area contributed by atoms with Crippen LogP contribution in [0.25, 0.3) is 10.2 Å². The van der Waals surface area contributed by atoms with Gasteiger partial charge in [-0.05, 0) is 37.6 Å². The minimum Gasteiger partial charge on any atom is -0.484 e. The number of nitrogens with one attached hydrogen (secondary N) is 1. The first-order valence-electron chi connectivity index (χ1n) is 7.70. The number of nitrogens with zero attached hydrogens (tertiary/aromatic N) is 2. The fraction of sp³-hybridized carbons (Fsp3) is 0.167. The second kappa shape index (κ2) is 7.31. The summed E-state index contributed by atoms with van der Waals surface area (Å²) in [6.45, 7) is 3.74. The van der Waals surface area contributed by atoms with E-state index in [-0.39, 0.29) is 12.5 Å². The fourth-order valence-corrected chi connectivity index (χ4v) is 2.96. The molecule has 3 aromatic rings. The molecule has 1 heterocycles. The lowest BCUT2D eigenvalue weighted by Crippen LogP contribution is -2.25. The van der Waals surface area contributed by atoms with Crippen LogP contribution in [0.15, 0.2) is 47.6 Å². The van der Waals surface area contributed by atoms with Crippen LogP contribution in [-0.2, 0) is 4.79 Å². The van der Waals surface area contributed by atoms with E-state index in [1.807, 2.05) is 50.2 Å². The Bertz CT molecular complexity index is 932. The number of carbonyl (C=O) groups is 1. The van der Waals surface area contributed by atoms with Crippen molar-refractivity contribution in [1.82, 2.24) is 10.4 Å². The van der Waals surface area contributed by atoms with E-state index >= 15 is 0 Å². The van der Waals surface area contributed by atoms with Crippen molar-refractivity contribution in [3.05, 3.63) is 53.6 Å². The Morgan fingerprint density at radius 1 is 1.28 bits per heavy atom. The molecule has 0 unspecified atom stereocenters. The smallest absolute Gasteiger partial charge is 0.277 e. The van der Waals surface area contributed by atoms with Gasteiger partial charge in [0, 0.05) is 0 Å². The van der Waals surface area contributed by atoms with Crippen LogP contribution in [0.5, 0.6) is 5.75 Å². The molecule has 0 spiro atoms. The van der Waals surface area contributed by atoms with Gasteiger partial charge in [0.2, 0.25) is 0 Å². The van der Waals surface area contributed by atoms with Crippen LogP contribution in [0, 0.1) is 6.92 Å². The summed E-state index contributed by atoms with van der Waals surface area (Å²) in [5.74, 6) is 0.265. The van der Waals surface area contributed by atoms with Crippen molar-refractivity contribution in [3.8, 4) is 5.75 Å². The van der Waals surface area contributed by atoms with E-state index in [1.165, 1.54) is 16.9 Å². The molecule has 3 N–H and O–H groups in total. The van der Waals surface area contributed by atoms with E-state index in [1.54, 1.807) is 6.07 Å². The predicted octanol–water partition coefficient (Wildman–Crippen LogP) is 3.11. The molecule has 0 saturated heterocycles. The number of fused-ring (bicyclic) bond motifs is 1. The molecule has 6 nitrogen and oxygen atoms in total. The molecule has 0 aliphatic heterocycles. The molecule has 1 aromatic heterocycles. The van der Waals surface area contributed by atoms with Crippen LogP contribution < -0.4 is 15.9 Å². The van der Waals surface area contributed by atoms with Crippen molar-refractivity contribution in [2.45, 2.75) is 13.8 Å². The van der Waals surface area contributed by atoms with Crippen molar-refractivity contribution in [2.24, 2.45) is 5.10 Å². The lowest BCUT2D eigenvalue weighted by Gasteiger charge is -2.06. The summed E-state index contributed by atoms with van der Waals surface area (Å²) in [4.78, 5) is 16.1. The number of nitrogen functional groups attached to an aromatic ring is 1. The summed E-state index contributed by atoms with van der Waals surface area (Å²) >= 11 is 1.38. The van der Waals surface area contributed by atoms with Gasteiger partial charge in [-0.25, -0.2) is 10.4 Å². The second-order valence-corrected chi connectivity index (χ2v) is 6.63. The molecule has 0 aliphatic rings. The number of carbonyl (C=O) groups excluding carboxylic acids is 1. The minimum atomic E-state index is -0.324. The molecule has 0 saturated carbocycles. The van der Waals surface area contributed by atoms with Crippen LogP contribution >= 0.6 is 11.3 Å². The summed E-state index contributed by atoms with van der Waals surface area (Å²) in [5, 5.41) is 4.61. The number of hydrazone groups is 1. The van der Waals surface area contributed by atoms with Gasteiger partial charge in [0.05, 0.1) is 15.9 Å². The zero-order chi connectivity index (χ0) is 17.8. The molecule has 0 atom stereocenters. The number of benzene rings is 2. The molecule has 7 heteroatoms. The van der Waals surface area contributed by atoms with Crippen molar-refractivity contribution in [1.29, 1.82) is 0 Å². The number of amides is 1. The lowest BCUT2D eigenvalue weighted by atomic mass is 10.1. The zero-order valence-corrected chi connectivity index (χ0v) is 14.8. The normalized spacial score (nSPS) is 11.5. The van der Waals surface area contributed by atoms with Gasteiger partial charge in [0.15, 0.2) is 11.7 Å². The molecule has 25 heavy (non-hydrogen) atoms. The Morgan fingerprint density at radius 2 is 2.04 bits per heavy atom. The maximum absolute atomic E-state index is 11.9. The number of hydrogen-bond acceptors (Lipinski definition) is 6. The van der Waals surface area contributed by atoms with Gasteiger partial charge in [-0.3, -0.25) is 4.79 Å². The Balaban J connectivity index is 1.56. The number of rotatable bonds is 5. The minimum absolute atomic E-state index is 0.121. The van der Waals surface area contributed by atoms with E-state index < -0.39 is 0 Å². The fourth-order valence-electron chi connectivity index (χ4n) is 2.20. The summed E-state index contributed by atoms with van der Waals surface area (Å²) in [7, 11) is 0. The molecule has 0 bridgehead atoms. The van der Waals surface area contributed by atoms with Gasteiger partial charge in [0.1, 0.15) is 5.75 Å². The van der Waals surface area contributed by atoms with Crippen molar-refractivity contribution in [2.75, 3.05) is 12.3 Å². The predicted molar refractivity (Wildman–Crippen MR) is 101 cm³/mol. The number of aryl methyl sites for hydroxylation is 1. The largest absolute Gasteiger partial charge is 0.484 e. The van der Waals surface area contributed by atoms with Gasteiger partial charge >= 0.3 is 0 Å². The molecular formula is C18H18N4O2S. The number of ether oxygens (including phenoxy) is 1. The van der Waals surface area contributed by atoms with E-state index in [0.717, 1.165) is 21.5 Å². The lowest BCUT2D eigenvalue weighted by molar-refractivity contribution is -0.123. The number of hydrogen-bond donors (Lipinski definition) is 2. The first-order chi connectivity index (χ1) is 12.0. The first kappa shape index (κ1) is 16.9. The Morgan fingerprint density at radius 3 is 2.80 bits per heavy atom. The van der Waals surface area contributed by atoms with Gasteiger partial charge < -0.3 is 10.5 Å². The summed E-state index contributed by atoms with van der Waals surface area (Å²) < 4.78 is 6.42. The standard InChI is InChI=1S/C18H18N4O2S/c1-11-3-5-13(6-4-11)12(2)21-22-17(23)10-24-14-7-8-15-16(9-14)25-18(19)20-15/h3-9H,10H2,1-2H3,(H2,19,20)(H,22,23)/b21-12+. The zero-order valence-electron chi connectivity index (χ0n) is 13.9. The highest BCUT2D eigenvalue weighted by Crippen LogP contribution is 2.27. The van der Waals surface area contributed by atoms with Gasteiger partial charge in [-0.2, -0.15) is 5.10 Å². The molecule has 0 fully saturated rings. The average molecular weight is 354 g/mol. The van der Waals surface area contributed by atoms with Crippen LogP contribution in [0.2, 0.25) is 0 Å². The number of anilines is 1. The van der Waals surface area contributed by atoms with E-state index in [2.05, 4.69) is 15.5 Å². The van der Waals surface area contributed by atoms with Gasteiger partial charge in [0.25, 0.3) is 5.91 Å². The maximum Gasteiger partial charge on any atom is 0.277 e. The Hall–Kier alpha value is -2.93. The van der Waals surface area contributed by atoms with E-state index in [0.29, 0.717) is 10.9 Å². The molecule has 128 valence electrons. The third-order valence-corrected chi connectivity index (χ3v) is 4.41. The molecule has 3 rings (SSSR count). The summed E-state index contributed by atoms with van der Waals surface area (Å²) in [5.41, 5.74) is 11.9. The van der Waals surface area contributed by atoms with Crippen LogP contribution in [0.3, 0.4) is 0 Å². The molecule has 1 amide bonds. The number of aromatic nitrogens is 1. The average Bonchev–Trinajstić information content (AvgIpc) is 2.97. The third kappa shape index (κ3) is 4.33. The van der Waals surface area contributed by atoms with Crippen LogP contribution in [-0.4, -0.2) is 23.2 Å². The molecular weight excluding hydrogens is 336 g/mol. The van der Waals surface area contributed by atoms with Gasteiger partial charge in [-0.15, -0.1) is 0 Å². The number of nitrogens with two attached hydrogens (primary N) is 1. The maximum atomic E-state index is 11.9. The van der Waals surface area contributed by atoms with Crippen LogP contribution in [0.4, 0.5) is 5.13 Å². The van der Waals surface area contributed by atoms with Crippen molar-refractivity contribution in [3.63, 3.8) is 0 Å². The number of thiazole rings is 1. The van der Waals surface area contributed by atoms with E-state index in [4.69, 9.17) is 10.5 Å². The SMILES string of the molecule is C/C(=N\NC(=O)COc1ccc2nc(N)sc2c1)c1ccc(C)cc1. The first-order valence-corrected chi connectivity index (χ1v) is 8.52. The van der Waals surface area contributed by atoms with Gasteiger partial charge in [-0.1, -0.05) is 41.2 Å². The highest BCUT2D eigenvalue weighted by molar-refractivity contribution is 7.22. The topological polar surface area (TPSA) is 89.6 Å². The second-order valence-electron chi connectivity index (χ2n) is 5.57. The summed E-state index contributed by atoms with van der Waals surface area (Å²) in [6, 6.07) is 13.3. The monoisotopic (exact) mass is 354 g/mol. The molecule has 0 radical (unpaired) electrons. The highest BCUT2D eigenvalue weighted by atomic mass is 32.1. The summed E-state index contributed by atoms with van der Waals surface area (Å²) in [6.07, 6.45) is 0. The van der Waals surface area contributed by atoms with Crippen molar-refractivity contribution >= 4 is 38.3 Å². The Labute approximate surface area is 149 Å².